The molecule has 1 aromatic carbocycles. The lowest BCUT2D eigenvalue weighted by atomic mass is 10.2. The van der Waals surface area contributed by atoms with Gasteiger partial charge in [-0.25, -0.2) is 0 Å². The van der Waals surface area contributed by atoms with Crippen molar-refractivity contribution >= 4 is 27.3 Å². The molecule has 19 heavy (non-hydrogen) atoms. The van der Waals surface area contributed by atoms with Crippen molar-refractivity contribution in [3.63, 3.8) is 0 Å². The van der Waals surface area contributed by atoms with Crippen LogP contribution in [-0.2, 0) is 13.2 Å². The van der Waals surface area contributed by atoms with Crippen LogP contribution < -0.4 is 10.1 Å². The predicted octanol–water partition coefficient (Wildman–Crippen LogP) is 4.51. The van der Waals surface area contributed by atoms with Gasteiger partial charge in [-0.1, -0.05) is 28.9 Å². The minimum absolute atomic E-state index is 0.630. The second-order valence-electron chi connectivity index (χ2n) is 4.32. The molecule has 102 valence electrons. The molecule has 0 aliphatic heterocycles. The molecule has 1 N–H and O–H groups in total. The molecule has 0 saturated heterocycles. The number of aryl methyl sites for hydroxylation is 1. The average Bonchev–Trinajstić information content (AvgIpc) is 2.75. The zero-order valence-corrected chi connectivity index (χ0v) is 13.6. The maximum Gasteiger partial charge on any atom is 0.120 e. The zero-order valence-electron chi connectivity index (χ0n) is 11.2. The first-order valence-electron chi connectivity index (χ1n) is 6.36. The molecule has 0 fully saturated rings. The van der Waals surface area contributed by atoms with Gasteiger partial charge in [-0.2, -0.15) is 0 Å². The van der Waals surface area contributed by atoms with Crippen LogP contribution in [0.5, 0.6) is 5.75 Å². The molecule has 0 aliphatic carbocycles. The first kappa shape index (κ1) is 14.6. The summed E-state index contributed by atoms with van der Waals surface area (Å²) in [6, 6.07) is 10.2. The van der Waals surface area contributed by atoms with Crippen molar-refractivity contribution in [2.75, 3.05) is 6.54 Å². The number of hydrogen-bond donors (Lipinski definition) is 1. The first-order chi connectivity index (χ1) is 9.19. The highest BCUT2D eigenvalue weighted by molar-refractivity contribution is 9.10. The summed E-state index contributed by atoms with van der Waals surface area (Å²) in [6.45, 7) is 6.85. The second-order valence-corrected chi connectivity index (χ2v) is 6.58. The molecule has 0 aliphatic rings. The van der Waals surface area contributed by atoms with Gasteiger partial charge in [0.2, 0.25) is 0 Å². The summed E-state index contributed by atoms with van der Waals surface area (Å²) >= 11 is 5.29. The SMILES string of the molecule is CCNCc1cc(COc2cccc(Br)c2)c(C)s1. The van der Waals surface area contributed by atoms with Gasteiger partial charge in [-0.05, 0) is 37.7 Å². The van der Waals surface area contributed by atoms with Gasteiger partial charge in [0.25, 0.3) is 0 Å². The lowest BCUT2D eigenvalue weighted by Crippen LogP contribution is -2.10. The molecule has 1 aromatic heterocycles. The summed E-state index contributed by atoms with van der Waals surface area (Å²) in [5, 5.41) is 3.35. The van der Waals surface area contributed by atoms with Crippen molar-refractivity contribution in [2.45, 2.75) is 27.0 Å². The molecule has 4 heteroatoms. The van der Waals surface area contributed by atoms with E-state index in [1.165, 1.54) is 15.3 Å². The fourth-order valence-corrected chi connectivity index (χ4v) is 3.18. The van der Waals surface area contributed by atoms with Gasteiger partial charge in [0.15, 0.2) is 0 Å². The molecule has 0 bridgehead atoms. The summed E-state index contributed by atoms with van der Waals surface area (Å²) in [7, 11) is 0. The quantitative estimate of drug-likeness (QED) is 0.836. The minimum Gasteiger partial charge on any atom is -0.489 e. The van der Waals surface area contributed by atoms with Crippen LogP contribution in [0.1, 0.15) is 22.2 Å². The maximum atomic E-state index is 5.83. The number of nitrogens with one attached hydrogen (secondary N) is 1. The van der Waals surface area contributed by atoms with Gasteiger partial charge in [-0.3, -0.25) is 0 Å². The summed E-state index contributed by atoms with van der Waals surface area (Å²) < 4.78 is 6.87. The van der Waals surface area contributed by atoms with E-state index in [9.17, 15) is 0 Å². The van der Waals surface area contributed by atoms with Crippen molar-refractivity contribution in [3.05, 3.63) is 50.1 Å². The number of thiophene rings is 1. The van der Waals surface area contributed by atoms with E-state index >= 15 is 0 Å². The topological polar surface area (TPSA) is 21.3 Å². The maximum absolute atomic E-state index is 5.83. The van der Waals surface area contributed by atoms with Gasteiger partial charge >= 0.3 is 0 Å². The number of halogens is 1. The molecule has 0 atom stereocenters. The number of benzene rings is 1. The van der Waals surface area contributed by atoms with E-state index in [4.69, 9.17) is 4.74 Å². The van der Waals surface area contributed by atoms with Crippen LogP contribution in [0.3, 0.4) is 0 Å². The van der Waals surface area contributed by atoms with Gasteiger partial charge in [0.1, 0.15) is 12.4 Å². The van der Waals surface area contributed by atoms with E-state index in [1.807, 2.05) is 35.6 Å². The number of rotatable bonds is 6. The Morgan fingerprint density at radius 3 is 2.89 bits per heavy atom. The molecule has 0 saturated carbocycles. The number of hydrogen-bond acceptors (Lipinski definition) is 3. The van der Waals surface area contributed by atoms with Crippen molar-refractivity contribution in [2.24, 2.45) is 0 Å². The van der Waals surface area contributed by atoms with Crippen LogP contribution in [0.15, 0.2) is 34.8 Å². The second kappa shape index (κ2) is 7.08. The van der Waals surface area contributed by atoms with Crippen molar-refractivity contribution in [1.82, 2.24) is 5.32 Å². The molecule has 2 nitrogen and oxygen atoms in total. The summed E-state index contributed by atoms with van der Waals surface area (Å²) in [5.41, 5.74) is 1.28. The lowest BCUT2D eigenvalue weighted by Gasteiger charge is -2.05. The Bertz CT molecular complexity index is 539. The Balaban J connectivity index is 1.97. The predicted molar refractivity (Wildman–Crippen MR) is 84.9 cm³/mol. The molecule has 0 radical (unpaired) electrons. The average molecular weight is 340 g/mol. The molecule has 1 heterocycles. The molecular formula is C15H18BrNOS. The van der Waals surface area contributed by atoms with Crippen LogP contribution in [0.4, 0.5) is 0 Å². The molecule has 0 spiro atoms. The van der Waals surface area contributed by atoms with E-state index in [2.05, 4.69) is 41.2 Å². The van der Waals surface area contributed by atoms with Crippen molar-refractivity contribution in [1.29, 1.82) is 0 Å². The van der Waals surface area contributed by atoms with Crippen LogP contribution in [0.2, 0.25) is 0 Å². The van der Waals surface area contributed by atoms with Crippen LogP contribution in [0, 0.1) is 6.92 Å². The van der Waals surface area contributed by atoms with E-state index in [0.29, 0.717) is 6.61 Å². The van der Waals surface area contributed by atoms with Crippen molar-refractivity contribution < 1.29 is 4.74 Å². The Kier molecular flexibility index (Phi) is 5.43. The summed E-state index contributed by atoms with van der Waals surface area (Å²) in [5.74, 6) is 0.896. The van der Waals surface area contributed by atoms with Crippen LogP contribution in [0.25, 0.3) is 0 Å². The van der Waals surface area contributed by atoms with Gasteiger partial charge in [0, 0.05) is 26.3 Å². The Morgan fingerprint density at radius 2 is 2.16 bits per heavy atom. The number of ether oxygens (including phenoxy) is 1. The normalized spacial score (nSPS) is 10.7. The van der Waals surface area contributed by atoms with E-state index < -0.39 is 0 Å². The Hall–Kier alpha value is -0.840. The molecule has 2 aromatic rings. The molecule has 0 amide bonds. The van der Waals surface area contributed by atoms with E-state index in [-0.39, 0.29) is 0 Å². The highest BCUT2D eigenvalue weighted by Gasteiger charge is 2.06. The highest BCUT2D eigenvalue weighted by atomic mass is 79.9. The smallest absolute Gasteiger partial charge is 0.120 e. The molecular weight excluding hydrogens is 322 g/mol. The Morgan fingerprint density at radius 1 is 1.32 bits per heavy atom. The molecule has 0 unspecified atom stereocenters. The fraction of sp³-hybridized carbons (Fsp3) is 0.333. The van der Waals surface area contributed by atoms with E-state index in [1.54, 1.807) is 0 Å². The van der Waals surface area contributed by atoms with Crippen LogP contribution in [-0.4, -0.2) is 6.54 Å². The summed E-state index contributed by atoms with van der Waals surface area (Å²) in [4.78, 5) is 2.70. The lowest BCUT2D eigenvalue weighted by molar-refractivity contribution is 0.306. The monoisotopic (exact) mass is 339 g/mol. The third kappa shape index (κ3) is 4.34. The third-order valence-electron chi connectivity index (χ3n) is 2.81. The van der Waals surface area contributed by atoms with Gasteiger partial charge in [-0.15, -0.1) is 11.3 Å². The minimum atomic E-state index is 0.630. The van der Waals surface area contributed by atoms with Gasteiger partial charge < -0.3 is 10.1 Å². The van der Waals surface area contributed by atoms with Crippen LogP contribution >= 0.6 is 27.3 Å². The standard InChI is InChI=1S/C15H18BrNOS/c1-3-17-9-15-7-12(11(2)19-15)10-18-14-6-4-5-13(16)8-14/h4-8,17H,3,9-10H2,1-2H3. The Labute approximate surface area is 126 Å². The largest absolute Gasteiger partial charge is 0.489 e. The molecule has 2 rings (SSSR count). The van der Waals surface area contributed by atoms with Gasteiger partial charge in [0.05, 0.1) is 0 Å². The zero-order chi connectivity index (χ0) is 13.7. The first-order valence-corrected chi connectivity index (χ1v) is 7.97. The highest BCUT2D eigenvalue weighted by Crippen LogP contribution is 2.24. The fourth-order valence-electron chi connectivity index (χ4n) is 1.78. The third-order valence-corrected chi connectivity index (χ3v) is 4.40. The van der Waals surface area contributed by atoms with E-state index in [0.717, 1.165) is 23.3 Å². The van der Waals surface area contributed by atoms with Crippen molar-refractivity contribution in [3.8, 4) is 5.75 Å². The summed E-state index contributed by atoms with van der Waals surface area (Å²) in [6.07, 6.45) is 0.